The number of carbonyl (C=O) groups is 1. The number of ether oxygens (including phenoxy) is 2. The molecular weight excluding hydrogens is 294 g/mol. The predicted molar refractivity (Wildman–Crippen MR) is 86.6 cm³/mol. The van der Waals surface area contributed by atoms with Crippen molar-refractivity contribution in [1.29, 1.82) is 0 Å². The second kappa shape index (κ2) is 5.43. The fourth-order valence-corrected chi connectivity index (χ4v) is 2.67. The zero-order valence-corrected chi connectivity index (χ0v) is 13.2. The van der Waals surface area contributed by atoms with Gasteiger partial charge in [0, 0.05) is 17.3 Å². The second-order valence-corrected chi connectivity index (χ2v) is 5.88. The first-order valence-corrected chi connectivity index (χ1v) is 7.24. The summed E-state index contributed by atoms with van der Waals surface area (Å²) in [6, 6.07) is 8.59. The molecule has 0 radical (unpaired) electrons. The third-order valence-electron chi connectivity index (χ3n) is 3.66. The van der Waals surface area contributed by atoms with Crippen LogP contribution in [0.4, 0.5) is 0 Å². The monoisotopic (exact) mass is 311 g/mol. The SMILES string of the molecule is COC(=O)c1ccc2c(c1)C(c1ccc[nH]c1=O)=CC(C)(C)O2. The predicted octanol–water partition coefficient (Wildman–Crippen LogP) is 2.76. The minimum atomic E-state index is -0.558. The Morgan fingerprint density at radius 3 is 2.70 bits per heavy atom. The molecule has 0 saturated heterocycles. The Kier molecular flexibility index (Phi) is 3.56. The van der Waals surface area contributed by atoms with Crippen molar-refractivity contribution in [2.24, 2.45) is 0 Å². The van der Waals surface area contributed by atoms with Crippen LogP contribution in [0.3, 0.4) is 0 Å². The van der Waals surface area contributed by atoms with Gasteiger partial charge in [0.05, 0.1) is 12.7 Å². The Morgan fingerprint density at radius 1 is 1.22 bits per heavy atom. The highest BCUT2D eigenvalue weighted by atomic mass is 16.5. The Bertz CT molecular complexity index is 861. The molecule has 0 spiro atoms. The van der Waals surface area contributed by atoms with Crippen LogP contribution in [0.15, 0.2) is 47.4 Å². The minimum Gasteiger partial charge on any atom is -0.483 e. The highest BCUT2D eigenvalue weighted by molar-refractivity contribution is 5.93. The number of aromatic amines is 1. The van der Waals surface area contributed by atoms with Gasteiger partial charge in [0.15, 0.2) is 0 Å². The number of carbonyl (C=O) groups excluding carboxylic acids is 1. The van der Waals surface area contributed by atoms with Crippen molar-refractivity contribution in [2.45, 2.75) is 19.4 Å². The number of pyridine rings is 1. The van der Waals surface area contributed by atoms with Crippen molar-refractivity contribution in [3.05, 3.63) is 69.6 Å². The summed E-state index contributed by atoms with van der Waals surface area (Å²) in [4.78, 5) is 26.6. The van der Waals surface area contributed by atoms with Crippen LogP contribution in [-0.4, -0.2) is 23.7 Å². The number of hydrogen-bond donors (Lipinski definition) is 1. The lowest BCUT2D eigenvalue weighted by Crippen LogP contribution is -2.30. The number of esters is 1. The summed E-state index contributed by atoms with van der Waals surface area (Å²) in [6.07, 6.45) is 3.48. The average molecular weight is 311 g/mol. The lowest BCUT2D eigenvalue weighted by molar-refractivity contribution is 0.0600. The van der Waals surface area contributed by atoms with Crippen molar-refractivity contribution in [3.63, 3.8) is 0 Å². The second-order valence-electron chi connectivity index (χ2n) is 5.88. The molecule has 0 fully saturated rings. The molecule has 0 unspecified atom stereocenters. The van der Waals surface area contributed by atoms with E-state index in [4.69, 9.17) is 9.47 Å². The van der Waals surface area contributed by atoms with Crippen molar-refractivity contribution in [1.82, 2.24) is 4.98 Å². The maximum Gasteiger partial charge on any atom is 0.337 e. The molecule has 5 nitrogen and oxygen atoms in total. The van der Waals surface area contributed by atoms with Gasteiger partial charge in [-0.1, -0.05) is 0 Å². The van der Waals surface area contributed by atoms with Crippen LogP contribution in [0, 0.1) is 0 Å². The first kappa shape index (κ1) is 15.1. The Balaban J connectivity index is 2.23. The van der Waals surface area contributed by atoms with E-state index in [1.165, 1.54) is 7.11 Å². The highest BCUT2D eigenvalue weighted by Crippen LogP contribution is 2.39. The molecule has 1 N–H and O–H groups in total. The van der Waals surface area contributed by atoms with E-state index in [1.807, 2.05) is 19.9 Å². The average Bonchev–Trinajstić information content (AvgIpc) is 2.52. The molecular formula is C18H17NO4. The van der Waals surface area contributed by atoms with E-state index in [9.17, 15) is 9.59 Å². The van der Waals surface area contributed by atoms with Gasteiger partial charge in [-0.2, -0.15) is 0 Å². The van der Waals surface area contributed by atoms with Gasteiger partial charge in [-0.05, 0) is 55.8 Å². The lowest BCUT2D eigenvalue weighted by Gasteiger charge is -2.31. The van der Waals surface area contributed by atoms with Gasteiger partial charge in [-0.25, -0.2) is 4.79 Å². The van der Waals surface area contributed by atoms with Crippen LogP contribution < -0.4 is 10.3 Å². The molecule has 2 aromatic rings. The van der Waals surface area contributed by atoms with Gasteiger partial charge in [-0.15, -0.1) is 0 Å². The van der Waals surface area contributed by atoms with E-state index in [2.05, 4.69) is 4.98 Å². The van der Waals surface area contributed by atoms with Crippen LogP contribution in [-0.2, 0) is 4.74 Å². The van der Waals surface area contributed by atoms with Crippen LogP contribution in [0.1, 0.15) is 35.3 Å². The number of H-pyrrole nitrogens is 1. The van der Waals surface area contributed by atoms with E-state index < -0.39 is 11.6 Å². The number of benzene rings is 1. The Labute approximate surface area is 133 Å². The van der Waals surface area contributed by atoms with Crippen molar-refractivity contribution >= 4 is 11.5 Å². The standard InChI is InChI=1S/C18H17NO4/c1-18(2)10-14(12-5-4-8-19-16(12)20)13-9-11(17(21)22-3)6-7-15(13)23-18/h4-10H,1-3H3,(H,19,20). The molecule has 0 atom stereocenters. The van der Waals surface area contributed by atoms with Crippen molar-refractivity contribution in [2.75, 3.05) is 7.11 Å². The molecule has 0 aliphatic carbocycles. The number of methoxy groups -OCH3 is 1. The summed E-state index contributed by atoms with van der Waals surface area (Å²) in [6.45, 7) is 3.84. The molecule has 0 saturated carbocycles. The van der Waals surface area contributed by atoms with E-state index in [1.54, 1.807) is 36.5 Å². The van der Waals surface area contributed by atoms with E-state index >= 15 is 0 Å². The first-order valence-electron chi connectivity index (χ1n) is 7.24. The minimum absolute atomic E-state index is 0.189. The number of hydrogen-bond acceptors (Lipinski definition) is 4. The van der Waals surface area contributed by atoms with Crippen LogP contribution >= 0.6 is 0 Å². The number of aromatic nitrogens is 1. The van der Waals surface area contributed by atoms with Gasteiger partial charge in [0.1, 0.15) is 11.4 Å². The molecule has 0 amide bonds. The summed E-state index contributed by atoms with van der Waals surface area (Å²) in [5.41, 5.74) is 1.64. The van der Waals surface area contributed by atoms with E-state index in [0.717, 1.165) is 5.57 Å². The zero-order chi connectivity index (χ0) is 16.6. The van der Waals surface area contributed by atoms with Crippen molar-refractivity contribution in [3.8, 4) is 5.75 Å². The van der Waals surface area contributed by atoms with Crippen LogP contribution in [0.2, 0.25) is 0 Å². The molecule has 0 bridgehead atoms. The van der Waals surface area contributed by atoms with Crippen LogP contribution in [0.25, 0.3) is 5.57 Å². The molecule has 3 rings (SSSR count). The molecule has 1 aliphatic heterocycles. The Hall–Kier alpha value is -2.82. The van der Waals surface area contributed by atoms with E-state index in [0.29, 0.717) is 22.4 Å². The zero-order valence-electron chi connectivity index (χ0n) is 13.2. The third kappa shape index (κ3) is 2.77. The maximum absolute atomic E-state index is 12.2. The van der Waals surface area contributed by atoms with Crippen LogP contribution in [0.5, 0.6) is 5.75 Å². The molecule has 23 heavy (non-hydrogen) atoms. The van der Waals surface area contributed by atoms with Gasteiger partial charge in [0.25, 0.3) is 5.56 Å². The smallest absolute Gasteiger partial charge is 0.337 e. The molecule has 2 heterocycles. The third-order valence-corrected chi connectivity index (χ3v) is 3.66. The maximum atomic E-state index is 12.2. The fraction of sp³-hybridized carbons (Fsp3) is 0.222. The molecule has 1 aromatic carbocycles. The molecule has 1 aromatic heterocycles. The first-order chi connectivity index (χ1) is 10.9. The highest BCUT2D eigenvalue weighted by Gasteiger charge is 2.29. The van der Waals surface area contributed by atoms with Gasteiger partial charge >= 0.3 is 5.97 Å². The normalized spacial score (nSPS) is 15.2. The summed E-state index contributed by atoms with van der Waals surface area (Å²) in [5.74, 6) is 0.197. The quantitative estimate of drug-likeness (QED) is 0.866. The summed E-state index contributed by atoms with van der Waals surface area (Å²) in [7, 11) is 1.33. The largest absolute Gasteiger partial charge is 0.483 e. The fourth-order valence-electron chi connectivity index (χ4n) is 2.67. The van der Waals surface area contributed by atoms with Gasteiger partial charge in [-0.3, -0.25) is 4.79 Å². The Morgan fingerprint density at radius 2 is 2.00 bits per heavy atom. The molecule has 1 aliphatic rings. The van der Waals surface area contributed by atoms with Crippen molar-refractivity contribution < 1.29 is 14.3 Å². The molecule has 118 valence electrons. The van der Waals surface area contributed by atoms with Gasteiger partial charge in [0.2, 0.25) is 0 Å². The number of nitrogens with one attached hydrogen (secondary N) is 1. The number of rotatable bonds is 2. The summed E-state index contributed by atoms with van der Waals surface area (Å²) in [5, 5.41) is 0. The molecule has 5 heteroatoms. The summed E-state index contributed by atoms with van der Waals surface area (Å²) >= 11 is 0. The van der Waals surface area contributed by atoms with E-state index in [-0.39, 0.29) is 5.56 Å². The summed E-state index contributed by atoms with van der Waals surface area (Å²) < 4.78 is 10.7. The lowest BCUT2D eigenvalue weighted by atomic mass is 9.89. The number of fused-ring (bicyclic) bond motifs is 1. The topological polar surface area (TPSA) is 68.4 Å². The van der Waals surface area contributed by atoms with Gasteiger partial charge < -0.3 is 14.5 Å².